The van der Waals surface area contributed by atoms with Crippen LogP contribution in [0.15, 0.2) is 176 Å². The van der Waals surface area contributed by atoms with Gasteiger partial charge in [-0.05, 0) is 190 Å². The monoisotopic (exact) mass is 1590 g/mol. The molecule has 15 heteroatoms. The minimum absolute atomic E-state index is 0.0151. The van der Waals surface area contributed by atoms with E-state index in [9.17, 15) is 8.78 Å². The summed E-state index contributed by atoms with van der Waals surface area (Å²) in [7, 11) is 0. The molecule has 0 bridgehead atoms. The van der Waals surface area contributed by atoms with Crippen LogP contribution in [0, 0.1) is 85.0 Å². The molecule has 0 aromatic heterocycles. The number of benzene rings is 10. The van der Waals surface area contributed by atoms with Gasteiger partial charge in [-0.1, -0.05) is 292 Å². The molecule has 0 atom stereocenters. The fraction of sp³-hybridized carbons (Fsp3) is 0.374. The number of rotatable bonds is 1. The van der Waals surface area contributed by atoms with Crippen molar-refractivity contribution in [2.45, 2.75) is 210 Å². The van der Waals surface area contributed by atoms with Crippen LogP contribution >= 0.6 is 34.8 Å². The van der Waals surface area contributed by atoms with E-state index in [1.165, 1.54) is 40.3 Å². The SMILES string of the molecule is CC(C)(C)Cc1c(Cl)cccc1Cl.CC(C)(C)c1ccc(C#N)c(Cl)c1.CC(C)(C)c1ccc(C#N)c2c1OCCO2.CC(C)(C)c1ccc(C#N)c2ccc(F)cc12.CC(C)(C)c1ccc(C#N)c2ccccc12.CC(C)(C)c1ccc(C#N)cc1.CC(C)(C)c1ccc(C#N)cc1F.CC(C)(C)c1cccc2c1OCCO2. The lowest BCUT2D eigenvalue weighted by Gasteiger charge is -2.27. The van der Waals surface area contributed by atoms with Crippen LogP contribution in [-0.4, -0.2) is 26.4 Å². The topological polar surface area (TPSA) is 180 Å². The van der Waals surface area contributed by atoms with Gasteiger partial charge in [-0.25, -0.2) is 8.78 Å². The van der Waals surface area contributed by atoms with Gasteiger partial charge in [0, 0.05) is 21.2 Å². The molecule has 10 aromatic rings. The third-order valence-electron chi connectivity index (χ3n) is 18.3. The molecule has 12 rings (SSSR count). The average Bonchev–Trinajstić information content (AvgIpc) is 0.783. The van der Waals surface area contributed by atoms with Crippen molar-refractivity contribution in [2.24, 2.45) is 5.41 Å². The van der Waals surface area contributed by atoms with Gasteiger partial charge < -0.3 is 18.9 Å². The highest BCUT2D eigenvalue weighted by Crippen LogP contribution is 2.44. The van der Waals surface area contributed by atoms with Crippen LogP contribution in [0.3, 0.4) is 0 Å². The van der Waals surface area contributed by atoms with E-state index in [1.54, 1.807) is 36.4 Å². The fourth-order valence-electron chi connectivity index (χ4n) is 12.1. The molecule has 114 heavy (non-hydrogen) atoms. The summed E-state index contributed by atoms with van der Waals surface area (Å²) in [6, 6.07) is 66.4. The zero-order chi connectivity index (χ0) is 85.7. The van der Waals surface area contributed by atoms with E-state index in [4.69, 9.17) is 85.3 Å². The predicted molar refractivity (Wildman–Crippen MR) is 466 cm³/mol. The van der Waals surface area contributed by atoms with E-state index in [1.807, 2.05) is 136 Å². The van der Waals surface area contributed by atoms with Crippen molar-refractivity contribution in [2.75, 3.05) is 26.4 Å². The summed E-state index contributed by atoms with van der Waals surface area (Å²) in [6.45, 7) is 53.3. The zero-order valence-corrected chi connectivity index (χ0v) is 73.3. The first kappa shape index (κ1) is 94.2. The Hall–Kier alpha value is -10.4. The Balaban J connectivity index is 0.000000233. The maximum Gasteiger partial charge on any atom is 0.179 e. The third-order valence-corrected chi connectivity index (χ3v) is 19.3. The number of hydrogen-bond donors (Lipinski definition) is 0. The Morgan fingerprint density at radius 3 is 1.18 bits per heavy atom. The average molecular weight is 1590 g/mol. The Morgan fingerprint density at radius 2 is 0.711 bits per heavy atom. The van der Waals surface area contributed by atoms with Gasteiger partial charge in [-0.15, -0.1) is 0 Å². The van der Waals surface area contributed by atoms with Crippen molar-refractivity contribution >= 4 is 56.3 Å². The molecule has 0 saturated heterocycles. The lowest BCUT2D eigenvalue weighted by atomic mass is 9.83. The first-order valence-corrected chi connectivity index (χ1v) is 39.2. The number of fused-ring (bicyclic) bond motifs is 4. The summed E-state index contributed by atoms with van der Waals surface area (Å²) < 4.78 is 49.1. The van der Waals surface area contributed by atoms with E-state index in [0.29, 0.717) is 65.0 Å². The molecule has 0 amide bonds. The summed E-state index contributed by atoms with van der Waals surface area (Å²) in [4.78, 5) is 0. The van der Waals surface area contributed by atoms with Crippen LogP contribution in [0.4, 0.5) is 8.78 Å². The highest BCUT2D eigenvalue weighted by molar-refractivity contribution is 6.36. The van der Waals surface area contributed by atoms with Crippen LogP contribution in [0.5, 0.6) is 23.0 Å². The smallest absolute Gasteiger partial charge is 0.179 e. The van der Waals surface area contributed by atoms with Crippen molar-refractivity contribution in [3.8, 4) is 59.4 Å². The molecular formula is C99H111Cl3F2N6O4. The van der Waals surface area contributed by atoms with Crippen LogP contribution in [0.25, 0.3) is 21.5 Å². The number of para-hydroxylation sites is 1. The molecule has 0 radical (unpaired) electrons. The van der Waals surface area contributed by atoms with E-state index in [0.717, 1.165) is 83.3 Å². The summed E-state index contributed by atoms with van der Waals surface area (Å²) in [5, 5.41) is 58.9. The number of hydrogen-bond acceptors (Lipinski definition) is 10. The minimum atomic E-state index is -0.299. The summed E-state index contributed by atoms with van der Waals surface area (Å²) >= 11 is 18.0. The van der Waals surface area contributed by atoms with Crippen LogP contribution < -0.4 is 18.9 Å². The van der Waals surface area contributed by atoms with Crippen LogP contribution in [0.1, 0.15) is 244 Å². The Bertz CT molecular complexity index is 5220. The Morgan fingerprint density at radius 1 is 0.307 bits per heavy atom. The number of ether oxygens (including phenoxy) is 4. The van der Waals surface area contributed by atoms with Gasteiger partial charge in [0.2, 0.25) is 0 Å². The third kappa shape index (κ3) is 27.4. The first-order valence-electron chi connectivity index (χ1n) is 38.0. The quantitative estimate of drug-likeness (QED) is 0.153. The van der Waals surface area contributed by atoms with E-state index in [2.05, 4.69) is 188 Å². The summed E-state index contributed by atoms with van der Waals surface area (Å²) in [5.74, 6) is 2.57. The van der Waals surface area contributed by atoms with Gasteiger partial charge in [0.15, 0.2) is 23.0 Å². The first-order chi connectivity index (χ1) is 52.9. The van der Waals surface area contributed by atoms with Crippen LogP contribution in [0.2, 0.25) is 15.1 Å². The highest BCUT2D eigenvalue weighted by Gasteiger charge is 2.29. The molecule has 0 N–H and O–H groups in total. The number of nitriles is 6. The van der Waals surface area contributed by atoms with Gasteiger partial charge in [-0.2, -0.15) is 31.6 Å². The second-order valence-electron chi connectivity index (χ2n) is 36.2. The van der Waals surface area contributed by atoms with Gasteiger partial charge in [0.25, 0.3) is 0 Å². The highest BCUT2D eigenvalue weighted by atomic mass is 35.5. The molecule has 2 aliphatic heterocycles. The molecule has 596 valence electrons. The Kier molecular flexibility index (Phi) is 33.1. The van der Waals surface area contributed by atoms with Crippen molar-refractivity contribution in [3.63, 3.8) is 0 Å². The molecule has 0 unspecified atom stereocenters. The van der Waals surface area contributed by atoms with E-state index >= 15 is 0 Å². The van der Waals surface area contributed by atoms with Gasteiger partial charge in [0.05, 0.1) is 62.7 Å². The summed E-state index contributed by atoms with van der Waals surface area (Å²) in [6.07, 6.45) is 0.908. The van der Waals surface area contributed by atoms with Crippen molar-refractivity contribution in [3.05, 3.63) is 281 Å². The second-order valence-corrected chi connectivity index (χ2v) is 37.4. The molecule has 10 nitrogen and oxygen atoms in total. The largest absolute Gasteiger partial charge is 0.486 e. The molecule has 2 aliphatic rings. The van der Waals surface area contributed by atoms with Crippen molar-refractivity contribution in [1.82, 2.24) is 0 Å². The zero-order valence-electron chi connectivity index (χ0n) is 71.0. The molecule has 0 fully saturated rings. The normalized spacial score (nSPS) is 12.2. The standard InChI is InChI=1S/C15H14FN.C15H15N.C13H15NO2.C12H16O2.C11H14Cl2.C11H12ClN.C11H12FN.C11H13N/c1-15(2,3)14-7-4-10(9-17)12-6-5-11(16)8-13(12)14;1-15(2,3)14-9-8-11(10-16)12-6-4-5-7-13(12)14;1-13(2,3)10-5-4-9(8-14)11-12(10)16-7-6-15-11;1-12(2,3)9-5-4-6-10-11(9)14-8-7-13-10;1-11(2,3)7-8-9(12)5-4-6-10(8)13;1-11(2,3)9-5-4-8(7-13)10(12)6-9;1-11(2,3)9-5-4-8(7-13)6-10(9)12;1-11(2,3)10-6-4-9(8-12)5-7-10/h4-8H,1-3H3;4-9H,1-3H3;4-5H,6-7H2,1-3H3;4-6H,7-8H2,1-3H3;4-6H,7H2,1-3H3;2*4-6H,1-3H3;4-7H,1-3H3. The molecule has 2 heterocycles. The lowest BCUT2D eigenvalue weighted by Crippen LogP contribution is -2.21. The van der Waals surface area contributed by atoms with Crippen LogP contribution in [-0.2, 0) is 44.3 Å². The van der Waals surface area contributed by atoms with Gasteiger partial charge >= 0.3 is 0 Å². The second kappa shape index (κ2) is 40.1. The fourth-order valence-corrected chi connectivity index (χ4v) is 12.9. The molecule has 10 aromatic carbocycles. The molecule has 0 saturated carbocycles. The summed E-state index contributed by atoms with van der Waals surface area (Å²) in [5.41, 5.74) is 12.7. The van der Waals surface area contributed by atoms with Crippen molar-refractivity contribution in [1.29, 1.82) is 31.6 Å². The maximum absolute atomic E-state index is 13.4. The predicted octanol–water partition coefficient (Wildman–Crippen LogP) is 27.5. The molecule has 0 aliphatic carbocycles. The number of nitrogens with zero attached hydrogens (tertiary/aromatic N) is 6. The maximum atomic E-state index is 13.4. The van der Waals surface area contributed by atoms with E-state index < -0.39 is 0 Å². The van der Waals surface area contributed by atoms with E-state index in [-0.39, 0.29) is 55.0 Å². The van der Waals surface area contributed by atoms with Crippen molar-refractivity contribution < 1.29 is 27.7 Å². The molecule has 0 spiro atoms. The molecular weight excluding hydrogens is 1480 g/mol. The van der Waals surface area contributed by atoms with Gasteiger partial charge in [-0.3, -0.25) is 0 Å². The number of halogens is 5. The minimum Gasteiger partial charge on any atom is -0.486 e. The lowest BCUT2D eigenvalue weighted by molar-refractivity contribution is 0.167. The Labute approximate surface area is 693 Å². The van der Waals surface area contributed by atoms with Gasteiger partial charge in [0.1, 0.15) is 50.2 Å².